The van der Waals surface area contributed by atoms with E-state index in [0.29, 0.717) is 6.54 Å². The summed E-state index contributed by atoms with van der Waals surface area (Å²) in [6, 6.07) is 0. The summed E-state index contributed by atoms with van der Waals surface area (Å²) in [5.41, 5.74) is 0. The quantitative estimate of drug-likeness (QED) is 0.474. The molecule has 1 N–H and O–H groups in total. The first kappa shape index (κ1) is 17.7. The molecule has 1 aromatic heterocycles. The van der Waals surface area contributed by atoms with Crippen molar-refractivity contribution in [3.8, 4) is 0 Å². The molecule has 4 nitrogen and oxygen atoms in total. The van der Waals surface area contributed by atoms with Crippen LogP contribution in [0, 0.1) is 12.8 Å². The second-order valence-electron chi connectivity index (χ2n) is 5.20. The second-order valence-corrected chi connectivity index (χ2v) is 6.52. The first-order valence-electron chi connectivity index (χ1n) is 7.13. The van der Waals surface area contributed by atoms with Gasteiger partial charge < -0.3 is 10.2 Å². The summed E-state index contributed by atoms with van der Waals surface area (Å²) in [7, 11) is 0. The number of nitrogens with one attached hydrogen (secondary N) is 1. The molecule has 0 aromatic carbocycles. The molecule has 0 atom stereocenters. The van der Waals surface area contributed by atoms with Gasteiger partial charge in [-0.15, -0.1) is 35.3 Å². The number of rotatable bonds is 3. The summed E-state index contributed by atoms with van der Waals surface area (Å²) in [5.74, 6) is 1.89. The number of hydrogen-bond acceptors (Lipinski definition) is 3. The Balaban J connectivity index is 0.00000200. The van der Waals surface area contributed by atoms with Crippen LogP contribution >= 0.6 is 35.3 Å². The summed E-state index contributed by atoms with van der Waals surface area (Å²) in [6.45, 7) is 10.4. The number of likely N-dealkylation sites (tertiary alicyclic amines) is 1. The molecule has 20 heavy (non-hydrogen) atoms. The maximum atomic E-state index is 4.73. The molecule has 0 spiro atoms. The van der Waals surface area contributed by atoms with E-state index >= 15 is 0 Å². The van der Waals surface area contributed by atoms with Crippen molar-refractivity contribution in [2.75, 3.05) is 19.6 Å². The van der Waals surface area contributed by atoms with E-state index in [1.165, 1.54) is 17.7 Å². The fourth-order valence-electron chi connectivity index (χ4n) is 2.26. The lowest BCUT2D eigenvalue weighted by atomic mass is 10.00. The van der Waals surface area contributed by atoms with E-state index in [1.54, 1.807) is 11.3 Å². The number of hydrogen-bond donors (Lipinski definition) is 1. The second kappa shape index (κ2) is 8.81. The van der Waals surface area contributed by atoms with Crippen LogP contribution in [0.2, 0.25) is 0 Å². The molecule has 114 valence electrons. The standard InChI is InChI=1S/C14H24N4S.HI/c1-4-15-14(18-7-5-11(2)6-8-18)17-10-13-16-9-12(3)19-13;/h9,11H,4-8,10H2,1-3H3,(H,15,17);1H. The van der Waals surface area contributed by atoms with Gasteiger partial charge in [0.2, 0.25) is 0 Å². The van der Waals surface area contributed by atoms with Crippen LogP contribution < -0.4 is 5.32 Å². The first-order valence-corrected chi connectivity index (χ1v) is 7.95. The van der Waals surface area contributed by atoms with Crippen LogP contribution in [0.1, 0.15) is 36.6 Å². The van der Waals surface area contributed by atoms with Crippen molar-refractivity contribution in [3.05, 3.63) is 16.1 Å². The van der Waals surface area contributed by atoms with Crippen molar-refractivity contribution >= 4 is 41.3 Å². The fraction of sp³-hybridized carbons (Fsp3) is 0.714. The molecule has 2 rings (SSSR count). The Morgan fingerprint density at radius 1 is 1.50 bits per heavy atom. The number of aryl methyl sites for hydroxylation is 1. The van der Waals surface area contributed by atoms with Crippen LogP contribution in [-0.4, -0.2) is 35.5 Å². The molecule has 0 unspecified atom stereocenters. The van der Waals surface area contributed by atoms with Gasteiger partial charge in [-0.05, 0) is 32.6 Å². The third-order valence-corrected chi connectivity index (χ3v) is 4.35. The van der Waals surface area contributed by atoms with Gasteiger partial charge in [0, 0.05) is 30.7 Å². The molecule has 1 aromatic rings. The number of nitrogens with zero attached hydrogens (tertiary/aromatic N) is 3. The van der Waals surface area contributed by atoms with E-state index in [4.69, 9.17) is 4.99 Å². The molecular weight excluding hydrogens is 383 g/mol. The molecule has 1 saturated heterocycles. The van der Waals surface area contributed by atoms with Crippen molar-refractivity contribution in [1.82, 2.24) is 15.2 Å². The van der Waals surface area contributed by atoms with Crippen LogP contribution in [0.4, 0.5) is 0 Å². The minimum atomic E-state index is 0. The molecule has 1 aliphatic heterocycles. The van der Waals surface area contributed by atoms with Crippen LogP contribution in [0.5, 0.6) is 0 Å². The lowest BCUT2D eigenvalue weighted by Gasteiger charge is -2.32. The van der Waals surface area contributed by atoms with Gasteiger partial charge >= 0.3 is 0 Å². The molecular formula is C14H25IN4S. The Hall–Kier alpha value is -0.370. The predicted octanol–water partition coefficient (Wildman–Crippen LogP) is 3.27. The average Bonchev–Trinajstić information content (AvgIpc) is 2.81. The number of halogens is 1. The highest BCUT2D eigenvalue weighted by molar-refractivity contribution is 14.0. The van der Waals surface area contributed by atoms with Crippen molar-refractivity contribution < 1.29 is 0 Å². The van der Waals surface area contributed by atoms with E-state index in [0.717, 1.165) is 36.5 Å². The van der Waals surface area contributed by atoms with Crippen molar-refractivity contribution in [1.29, 1.82) is 0 Å². The number of piperidine rings is 1. The van der Waals surface area contributed by atoms with Gasteiger partial charge in [-0.2, -0.15) is 0 Å². The highest BCUT2D eigenvalue weighted by Gasteiger charge is 2.18. The molecule has 1 fully saturated rings. The van der Waals surface area contributed by atoms with Crippen LogP contribution in [-0.2, 0) is 6.54 Å². The summed E-state index contributed by atoms with van der Waals surface area (Å²) >= 11 is 1.73. The predicted molar refractivity (Wildman–Crippen MR) is 97.1 cm³/mol. The van der Waals surface area contributed by atoms with E-state index < -0.39 is 0 Å². The number of guanidine groups is 1. The Morgan fingerprint density at radius 2 is 2.20 bits per heavy atom. The van der Waals surface area contributed by atoms with Crippen LogP contribution in [0.15, 0.2) is 11.2 Å². The molecule has 0 amide bonds. The monoisotopic (exact) mass is 408 g/mol. The third kappa shape index (κ3) is 5.20. The summed E-state index contributed by atoms with van der Waals surface area (Å²) in [5, 5.41) is 4.49. The maximum absolute atomic E-state index is 4.73. The number of thiazole rings is 1. The highest BCUT2D eigenvalue weighted by Crippen LogP contribution is 2.17. The van der Waals surface area contributed by atoms with E-state index in [2.05, 4.69) is 36.0 Å². The van der Waals surface area contributed by atoms with Crippen molar-refractivity contribution in [2.45, 2.75) is 40.2 Å². The van der Waals surface area contributed by atoms with E-state index in [9.17, 15) is 0 Å². The third-order valence-electron chi connectivity index (χ3n) is 3.45. The number of aromatic nitrogens is 1. The topological polar surface area (TPSA) is 40.5 Å². The minimum absolute atomic E-state index is 0. The molecule has 0 saturated carbocycles. The van der Waals surface area contributed by atoms with Crippen LogP contribution in [0.3, 0.4) is 0 Å². The van der Waals surface area contributed by atoms with Gasteiger partial charge in [-0.1, -0.05) is 6.92 Å². The largest absolute Gasteiger partial charge is 0.357 e. The Bertz CT molecular complexity index is 425. The zero-order valence-electron chi connectivity index (χ0n) is 12.6. The van der Waals surface area contributed by atoms with E-state index in [1.807, 2.05) is 6.20 Å². The summed E-state index contributed by atoms with van der Waals surface area (Å²) in [4.78, 5) is 12.7. The van der Waals surface area contributed by atoms with Crippen molar-refractivity contribution in [2.24, 2.45) is 10.9 Å². The van der Waals surface area contributed by atoms with Gasteiger partial charge in [-0.25, -0.2) is 9.98 Å². The van der Waals surface area contributed by atoms with Gasteiger partial charge in [0.15, 0.2) is 5.96 Å². The Morgan fingerprint density at radius 3 is 2.75 bits per heavy atom. The zero-order valence-corrected chi connectivity index (χ0v) is 15.7. The summed E-state index contributed by atoms with van der Waals surface area (Å²) < 4.78 is 0. The summed E-state index contributed by atoms with van der Waals surface area (Å²) in [6.07, 6.45) is 4.45. The Labute approximate surface area is 143 Å². The van der Waals surface area contributed by atoms with Gasteiger partial charge in [0.1, 0.15) is 5.01 Å². The Kier molecular flexibility index (Phi) is 7.79. The lowest BCUT2D eigenvalue weighted by molar-refractivity contribution is 0.273. The molecule has 6 heteroatoms. The van der Waals surface area contributed by atoms with E-state index in [-0.39, 0.29) is 24.0 Å². The highest BCUT2D eigenvalue weighted by atomic mass is 127. The average molecular weight is 408 g/mol. The van der Waals surface area contributed by atoms with Gasteiger partial charge in [0.25, 0.3) is 0 Å². The molecule has 2 heterocycles. The molecule has 0 radical (unpaired) electrons. The first-order chi connectivity index (χ1) is 9.19. The smallest absolute Gasteiger partial charge is 0.194 e. The fourth-order valence-corrected chi connectivity index (χ4v) is 2.97. The van der Waals surface area contributed by atoms with Crippen molar-refractivity contribution in [3.63, 3.8) is 0 Å². The lowest BCUT2D eigenvalue weighted by Crippen LogP contribution is -2.45. The van der Waals surface area contributed by atoms with Gasteiger partial charge in [0.05, 0.1) is 6.54 Å². The zero-order chi connectivity index (χ0) is 13.7. The van der Waals surface area contributed by atoms with Crippen LogP contribution in [0.25, 0.3) is 0 Å². The molecule has 0 aliphatic carbocycles. The SMILES string of the molecule is CCNC(=NCc1ncc(C)s1)N1CCC(C)CC1.I. The van der Waals surface area contributed by atoms with Gasteiger partial charge in [-0.3, -0.25) is 0 Å². The maximum Gasteiger partial charge on any atom is 0.194 e. The normalized spacial score (nSPS) is 16.9. The number of aliphatic imine (C=N–C) groups is 1. The minimum Gasteiger partial charge on any atom is -0.357 e. The molecule has 1 aliphatic rings. The molecule has 0 bridgehead atoms.